The number of carbonyl (C=O) groups is 1. The minimum atomic E-state index is -0.0000635. The number of hydrogen-bond acceptors (Lipinski definition) is 3. The van der Waals surface area contributed by atoms with Crippen molar-refractivity contribution in [3.63, 3.8) is 0 Å². The summed E-state index contributed by atoms with van der Waals surface area (Å²) in [7, 11) is 0. The van der Waals surface area contributed by atoms with Crippen LogP contribution in [0.4, 0.5) is 5.88 Å². The number of ketones is 1. The number of nitrogens with zero attached hydrogens (tertiary/aromatic N) is 1. The van der Waals surface area contributed by atoms with Crippen LogP contribution in [0.5, 0.6) is 0 Å². The Kier molecular flexibility index (Phi) is 4.45. The van der Waals surface area contributed by atoms with Crippen LogP contribution in [0.3, 0.4) is 0 Å². The Labute approximate surface area is 109 Å². The van der Waals surface area contributed by atoms with E-state index in [0.717, 1.165) is 24.9 Å². The van der Waals surface area contributed by atoms with Gasteiger partial charge in [-0.3, -0.25) is 4.79 Å². The van der Waals surface area contributed by atoms with Gasteiger partial charge in [0.25, 0.3) is 0 Å². The van der Waals surface area contributed by atoms with Crippen molar-refractivity contribution < 1.29 is 9.21 Å². The van der Waals surface area contributed by atoms with E-state index in [1.54, 1.807) is 13.0 Å². The van der Waals surface area contributed by atoms with Gasteiger partial charge in [0, 0.05) is 26.1 Å². The molecule has 0 aliphatic carbocycles. The Hall–Kier alpha value is -1.25. The highest BCUT2D eigenvalue weighted by Crippen LogP contribution is 2.26. The molecule has 1 saturated heterocycles. The predicted octanol–water partition coefficient (Wildman–Crippen LogP) is 3.89. The van der Waals surface area contributed by atoms with Gasteiger partial charge >= 0.3 is 0 Å². The third kappa shape index (κ3) is 3.15. The maximum atomic E-state index is 11.2. The van der Waals surface area contributed by atoms with Crippen molar-refractivity contribution in [2.75, 3.05) is 18.0 Å². The van der Waals surface area contributed by atoms with E-state index < -0.39 is 0 Å². The molecule has 0 saturated carbocycles. The number of hydrogen-bond donors (Lipinski definition) is 0. The summed E-state index contributed by atoms with van der Waals surface area (Å²) >= 11 is 0. The van der Waals surface area contributed by atoms with Crippen molar-refractivity contribution in [3.05, 3.63) is 17.9 Å². The molecule has 0 bridgehead atoms. The van der Waals surface area contributed by atoms with Gasteiger partial charge < -0.3 is 9.32 Å². The van der Waals surface area contributed by atoms with Crippen LogP contribution in [0, 0.1) is 5.92 Å². The van der Waals surface area contributed by atoms with E-state index in [9.17, 15) is 4.79 Å². The van der Waals surface area contributed by atoms with Crippen LogP contribution in [-0.2, 0) is 0 Å². The number of carbonyl (C=O) groups excluding carboxylic acids is 1. The van der Waals surface area contributed by atoms with Crippen LogP contribution in [0.2, 0.25) is 0 Å². The largest absolute Gasteiger partial charge is 0.437 e. The number of anilines is 1. The van der Waals surface area contributed by atoms with E-state index in [4.69, 9.17) is 4.42 Å². The molecule has 0 amide bonds. The molecule has 0 radical (unpaired) electrons. The highest BCUT2D eigenvalue weighted by Gasteiger charge is 2.19. The van der Waals surface area contributed by atoms with E-state index in [0.29, 0.717) is 5.76 Å². The lowest BCUT2D eigenvalue weighted by Crippen LogP contribution is -2.23. The Morgan fingerprint density at radius 3 is 2.89 bits per heavy atom. The lowest BCUT2D eigenvalue weighted by Gasteiger charge is -2.19. The average Bonchev–Trinajstić information content (AvgIpc) is 2.72. The second kappa shape index (κ2) is 6.07. The van der Waals surface area contributed by atoms with Crippen LogP contribution >= 0.6 is 0 Å². The molecule has 1 aliphatic rings. The molecule has 1 aromatic rings. The van der Waals surface area contributed by atoms with Gasteiger partial charge in [-0.2, -0.15) is 0 Å². The van der Waals surface area contributed by atoms with Gasteiger partial charge in [0.15, 0.2) is 17.4 Å². The smallest absolute Gasteiger partial charge is 0.196 e. The fraction of sp³-hybridized carbons (Fsp3) is 0.667. The third-order valence-corrected chi connectivity index (χ3v) is 3.80. The standard InChI is InChI=1S/C15H23NO2/c1-3-5-13-6-4-10-16(11-9-13)15-8-7-14(18-15)12(2)17/h7-8,13H,3-6,9-11H2,1-2H3. The summed E-state index contributed by atoms with van der Waals surface area (Å²) in [6, 6.07) is 3.71. The van der Waals surface area contributed by atoms with Crippen molar-refractivity contribution in [1.29, 1.82) is 0 Å². The Balaban J connectivity index is 1.98. The molecule has 1 atom stereocenters. The number of rotatable bonds is 4. The van der Waals surface area contributed by atoms with Crippen LogP contribution in [-0.4, -0.2) is 18.9 Å². The summed E-state index contributed by atoms with van der Waals surface area (Å²) in [5, 5.41) is 0. The van der Waals surface area contributed by atoms with Crippen molar-refractivity contribution in [2.24, 2.45) is 5.92 Å². The summed E-state index contributed by atoms with van der Waals surface area (Å²) in [5.74, 6) is 2.19. The minimum Gasteiger partial charge on any atom is -0.437 e. The zero-order valence-corrected chi connectivity index (χ0v) is 11.4. The van der Waals surface area contributed by atoms with Crippen LogP contribution in [0.1, 0.15) is 56.5 Å². The van der Waals surface area contributed by atoms with Gasteiger partial charge in [-0.15, -0.1) is 0 Å². The van der Waals surface area contributed by atoms with Gasteiger partial charge in [0.05, 0.1) is 0 Å². The van der Waals surface area contributed by atoms with Crippen LogP contribution in [0.15, 0.2) is 16.5 Å². The Morgan fingerprint density at radius 1 is 1.39 bits per heavy atom. The van der Waals surface area contributed by atoms with Gasteiger partial charge in [0.2, 0.25) is 0 Å². The first-order valence-corrected chi connectivity index (χ1v) is 7.06. The zero-order chi connectivity index (χ0) is 13.0. The number of furan rings is 1. The molecule has 1 fully saturated rings. The average molecular weight is 249 g/mol. The zero-order valence-electron chi connectivity index (χ0n) is 11.4. The molecular formula is C15H23NO2. The van der Waals surface area contributed by atoms with E-state index in [1.807, 2.05) is 6.07 Å². The lowest BCUT2D eigenvalue weighted by atomic mass is 9.96. The lowest BCUT2D eigenvalue weighted by molar-refractivity contribution is 0.0987. The highest BCUT2D eigenvalue weighted by atomic mass is 16.4. The van der Waals surface area contributed by atoms with Gasteiger partial charge in [-0.1, -0.05) is 19.8 Å². The quantitative estimate of drug-likeness (QED) is 0.759. The minimum absolute atomic E-state index is 0.0000635. The molecule has 0 aromatic carbocycles. The van der Waals surface area contributed by atoms with Crippen LogP contribution in [0.25, 0.3) is 0 Å². The van der Waals surface area contributed by atoms with Gasteiger partial charge in [-0.05, 0) is 31.2 Å². The first kappa shape index (κ1) is 13.2. The van der Waals surface area contributed by atoms with E-state index >= 15 is 0 Å². The third-order valence-electron chi connectivity index (χ3n) is 3.80. The molecule has 100 valence electrons. The Morgan fingerprint density at radius 2 is 2.22 bits per heavy atom. The molecule has 1 unspecified atom stereocenters. The number of Topliss-reactive ketones (excluding diaryl/α,β-unsaturated/α-hetero) is 1. The first-order valence-electron chi connectivity index (χ1n) is 7.06. The Bertz CT molecular complexity index is 397. The van der Waals surface area contributed by atoms with Crippen molar-refractivity contribution >= 4 is 11.7 Å². The molecule has 2 heterocycles. The summed E-state index contributed by atoms with van der Waals surface area (Å²) in [5.41, 5.74) is 0. The summed E-state index contributed by atoms with van der Waals surface area (Å²) in [6.07, 6.45) is 6.40. The molecule has 2 rings (SSSR count). The molecule has 0 spiro atoms. The van der Waals surface area contributed by atoms with E-state index in [1.165, 1.54) is 32.1 Å². The molecule has 3 nitrogen and oxygen atoms in total. The van der Waals surface area contributed by atoms with E-state index in [-0.39, 0.29) is 5.78 Å². The van der Waals surface area contributed by atoms with E-state index in [2.05, 4.69) is 11.8 Å². The molecule has 0 N–H and O–H groups in total. The maximum Gasteiger partial charge on any atom is 0.196 e. The fourth-order valence-corrected chi connectivity index (χ4v) is 2.77. The second-order valence-electron chi connectivity index (χ2n) is 5.27. The summed E-state index contributed by atoms with van der Waals surface area (Å²) in [6.45, 7) is 5.90. The van der Waals surface area contributed by atoms with Crippen molar-refractivity contribution in [3.8, 4) is 0 Å². The van der Waals surface area contributed by atoms with Crippen molar-refractivity contribution in [1.82, 2.24) is 0 Å². The van der Waals surface area contributed by atoms with Gasteiger partial charge in [-0.25, -0.2) is 0 Å². The second-order valence-corrected chi connectivity index (χ2v) is 5.27. The highest BCUT2D eigenvalue weighted by molar-refractivity contribution is 5.91. The molecule has 18 heavy (non-hydrogen) atoms. The van der Waals surface area contributed by atoms with Crippen LogP contribution < -0.4 is 4.90 Å². The predicted molar refractivity (Wildman–Crippen MR) is 73.2 cm³/mol. The fourth-order valence-electron chi connectivity index (χ4n) is 2.77. The SMILES string of the molecule is CCCC1CCCN(c2ccc(C(C)=O)o2)CC1. The summed E-state index contributed by atoms with van der Waals surface area (Å²) in [4.78, 5) is 13.5. The summed E-state index contributed by atoms with van der Waals surface area (Å²) < 4.78 is 5.61. The molecule has 1 aromatic heterocycles. The first-order chi connectivity index (χ1) is 8.70. The molecule has 1 aliphatic heterocycles. The topological polar surface area (TPSA) is 33.5 Å². The molecule has 3 heteroatoms. The monoisotopic (exact) mass is 249 g/mol. The normalized spacial score (nSPS) is 20.8. The maximum absolute atomic E-state index is 11.2. The van der Waals surface area contributed by atoms with Gasteiger partial charge in [0.1, 0.15) is 0 Å². The van der Waals surface area contributed by atoms with Crippen molar-refractivity contribution in [2.45, 2.75) is 46.0 Å². The molecular weight excluding hydrogens is 226 g/mol.